The maximum absolute atomic E-state index is 12.4. The molecule has 2 aliphatic rings. The van der Waals surface area contributed by atoms with Gasteiger partial charge in [0.05, 0.1) is 6.04 Å². The van der Waals surface area contributed by atoms with Crippen LogP contribution in [0.1, 0.15) is 23.3 Å². The predicted molar refractivity (Wildman–Crippen MR) is 82.2 cm³/mol. The number of hydrogen-bond donors (Lipinski definition) is 2. The first-order valence-electron chi connectivity index (χ1n) is 7.57. The topological polar surface area (TPSA) is 44.4 Å². The summed E-state index contributed by atoms with van der Waals surface area (Å²) in [5.74, 6) is 0.374. The van der Waals surface area contributed by atoms with Gasteiger partial charge in [-0.15, -0.1) is 11.3 Å². The number of hydrogen-bond acceptors (Lipinski definition) is 5. The number of ketones is 1. The van der Waals surface area contributed by atoms with Crippen LogP contribution < -0.4 is 10.6 Å². The smallest absolute Gasteiger partial charge is 0.151 e. The van der Waals surface area contributed by atoms with E-state index in [1.54, 1.807) is 11.3 Å². The molecule has 0 bridgehead atoms. The van der Waals surface area contributed by atoms with Crippen molar-refractivity contribution in [1.82, 2.24) is 15.5 Å². The van der Waals surface area contributed by atoms with Crippen molar-refractivity contribution in [2.45, 2.75) is 31.8 Å². The number of nitrogens with zero attached hydrogens (tertiary/aromatic N) is 1. The molecule has 0 amide bonds. The maximum Gasteiger partial charge on any atom is 0.151 e. The number of fused-ring (bicyclic) bond motifs is 1. The van der Waals surface area contributed by atoms with Crippen LogP contribution in [0, 0.1) is 0 Å². The molecule has 3 heterocycles. The van der Waals surface area contributed by atoms with Gasteiger partial charge in [-0.1, -0.05) is 0 Å². The molecule has 3 rings (SSSR count). The Bertz CT molecular complexity index is 452. The van der Waals surface area contributed by atoms with Gasteiger partial charge >= 0.3 is 0 Å². The first-order chi connectivity index (χ1) is 9.83. The Morgan fingerprint density at radius 1 is 1.40 bits per heavy atom. The molecule has 4 nitrogen and oxygen atoms in total. The fraction of sp³-hybridized carbons (Fsp3) is 0.667. The second kappa shape index (κ2) is 6.80. The minimum Gasteiger partial charge on any atom is -0.315 e. The van der Waals surface area contributed by atoms with E-state index in [2.05, 4.69) is 27.0 Å². The summed E-state index contributed by atoms with van der Waals surface area (Å²) < 4.78 is 0. The van der Waals surface area contributed by atoms with E-state index < -0.39 is 0 Å². The molecule has 2 N–H and O–H groups in total. The number of thiophene rings is 1. The molecule has 1 aromatic rings. The highest BCUT2D eigenvalue weighted by molar-refractivity contribution is 7.10. The normalized spacial score (nSPS) is 24.1. The zero-order chi connectivity index (χ0) is 13.8. The summed E-state index contributed by atoms with van der Waals surface area (Å²) in [4.78, 5) is 16.2. The largest absolute Gasteiger partial charge is 0.315 e. The highest BCUT2D eigenvalue weighted by Crippen LogP contribution is 2.22. The van der Waals surface area contributed by atoms with E-state index in [1.807, 2.05) is 0 Å². The molecule has 5 heteroatoms. The van der Waals surface area contributed by atoms with Gasteiger partial charge in [-0.3, -0.25) is 4.79 Å². The lowest BCUT2D eigenvalue weighted by Gasteiger charge is -2.24. The van der Waals surface area contributed by atoms with Crippen molar-refractivity contribution < 1.29 is 4.79 Å². The molecule has 110 valence electrons. The molecule has 1 unspecified atom stereocenters. The number of carbonyl (C=O) groups excluding carboxylic acids is 1. The van der Waals surface area contributed by atoms with E-state index in [9.17, 15) is 4.79 Å². The first-order valence-corrected chi connectivity index (χ1v) is 8.45. The first kappa shape index (κ1) is 14.2. The Morgan fingerprint density at radius 2 is 2.35 bits per heavy atom. The fourth-order valence-electron chi connectivity index (χ4n) is 3.01. The van der Waals surface area contributed by atoms with Crippen LogP contribution in [-0.2, 0) is 17.8 Å². The third kappa shape index (κ3) is 3.47. The quantitative estimate of drug-likeness (QED) is 0.870. The fourth-order valence-corrected chi connectivity index (χ4v) is 3.87. The molecule has 1 saturated heterocycles. The van der Waals surface area contributed by atoms with Gasteiger partial charge in [0.2, 0.25) is 0 Å². The van der Waals surface area contributed by atoms with Crippen LogP contribution in [0.25, 0.3) is 0 Å². The van der Waals surface area contributed by atoms with E-state index in [-0.39, 0.29) is 6.04 Å². The Kier molecular flexibility index (Phi) is 4.83. The van der Waals surface area contributed by atoms with Gasteiger partial charge in [-0.25, -0.2) is 0 Å². The summed E-state index contributed by atoms with van der Waals surface area (Å²) in [5.41, 5.74) is 1.37. The average molecular weight is 293 g/mol. The average Bonchev–Trinajstić information content (AvgIpc) is 2.78. The zero-order valence-corrected chi connectivity index (χ0v) is 12.7. The molecule has 0 saturated carbocycles. The molecule has 20 heavy (non-hydrogen) atoms. The summed E-state index contributed by atoms with van der Waals surface area (Å²) >= 11 is 1.79. The van der Waals surface area contributed by atoms with Crippen molar-refractivity contribution >= 4 is 17.1 Å². The molecule has 1 fully saturated rings. The molecular formula is C15H23N3OS. The van der Waals surface area contributed by atoms with Crippen molar-refractivity contribution in [2.24, 2.45) is 0 Å². The second-order valence-corrected chi connectivity index (χ2v) is 6.67. The van der Waals surface area contributed by atoms with E-state index in [0.29, 0.717) is 12.2 Å². The molecule has 1 atom stereocenters. The van der Waals surface area contributed by atoms with Crippen molar-refractivity contribution in [3.63, 3.8) is 0 Å². The van der Waals surface area contributed by atoms with Crippen LogP contribution >= 0.6 is 11.3 Å². The van der Waals surface area contributed by atoms with Crippen LogP contribution in [0.15, 0.2) is 11.4 Å². The number of Topliss-reactive ketones (excluding diaryl/α,β-unsaturated/α-hetero) is 1. The van der Waals surface area contributed by atoms with E-state index in [1.165, 1.54) is 16.9 Å². The van der Waals surface area contributed by atoms with Crippen LogP contribution in [0.5, 0.6) is 0 Å². The van der Waals surface area contributed by atoms with Crippen LogP contribution in [-0.4, -0.2) is 49.4 Å². The lowest BCUT2D eigenvalue weighted by atomic mass is 9.97. The second-order valence-electron chi connectivity index (χ2n) is 5.67. The van der Waals surface area contributed by atoms with Crippen molar-refractivity contribution in [1.29, 1.82) is 0 Å². The monoisotopic (exact) mass is 293 g/mol. The van der Waals surface area contributed by atoms with Crippen molar-refractivity contribution in [2.75, 3.05) is 32.7 Å². The van der Waals surface area contributed by atoms with E-state index in [4.69, 9.17) is 0 Å². The Morgan fingerprint density at radius 3 is 3.30 bits per heavy atom. The third-order valence-electron chi connectivity index (χ3n) is 4.27. The van der Waals surface area contributed by atoms with Crippen LogP contribution in [0.2, 0.25) is 0 Å². The van der Waals surface area contributed by atoms with Gasteiger partial charge in [0.25, 0.3) is 0 Å². The van der Waals surface area contributed by atoms with Gasteiger partial charge in [0.1, 0.15) is 0 Å². The molecule has 1 aromatic heterocycles. The van der Waals surface area contributed by atoms with Crippen LogP contribution in [0.4, 0.5) is 0 Å². The van der Waals surface area contributed by atoms with E-state index >= 15 is 0 Å². The molecule has 0 radical (unpaired) electrons. The van der Waals surface area contributed by atoms with E-state index in [0.717, 1.165) is 45.7 Å². The summed E-state index contributed by atoms with van der Waals surface area (Å²) in [6, 6.07) is 2.20. The molecule has 2 aliphatic heterocycles. The van der Waals surface area contributed by atoms with Crippen LogP contribution in [0.3, 0.4) is 0 Å². The van der Waals surface area contributed by atoms with Crippen molar-refractivity contribution in [3.8, 4) is 0 Å². The Balaban J connectivity index is 1.47. The minimum atomic E-state index is 0.0298. The number of carbonyl (C=O) groups is 1. The molecule has 0 aliphatic carbocycles. The summed E-state index contributed by atoms with van der Waals surface area (Å²) in [6.07, 6.45) is 2.74. The third-order valence-corrected chi connectivity index (χ3v) is 5.23. The zero-order valence-electron chi connectivity index (χ0n) is 11.9. The summed E-state index contributed by atoms with van der Waals surface area (Å²) in [5, 5.41) is 8.92. The SMILES string of the molecule is O=C(CCN1CCCNCC1)C1Cc2ccsc2CN1. The van der Waals surface area contributed by atoms with Gasteiger partial charge in [-0.2, -0.15) is 0 Å². The van der Waals surface area contributed by atoms with Gasteiger partial charge < -0.3 is 15.5 Å². The predicted octanol–water partition coefficient (Wildman–Crippen LogP) is 1.02. The summed E-state index contributed by atoms with van der Waals surface area (Å²) in [6.45, 7) is 6.11. The van der Waals surface area contributed by atoms with Gasteiger partial charge in [0.15, 0.2) is 5.78 Å². The van der Waals surface area contributed by atoms with Crippen molar-refractivity contribution in [3.05, 3.63) is 21.9 Å². The number of rotatable bonds is 4. The Hall–Kier alpha value is -0.750. The lowest BCUT2D eigenvalue weighted by Crippen LogP contribution is -2.42. The molecular weight excluding hydrogens is 270 g/mol. The molecule has 0 aromatic carbocycles. The maximum atomic E-state index is 12.4. The molecule has 0 spiro atoms. The van der Waals surface area contributed by atoms with Gasteiger partial charge in [0, 0.05) is 37.5 Å². The van der Waals surface area contributed by atoms with Gasteiger partial charge in [-0.05, 0) is 42.9 Å². The number of nitrogens with one attached hydrogen (secondary N) is 2. The highest BCUT2D eigenvalue weighted by atomic mass is 32.1. The highest BCUT2D eigenvalue weighted by Gasteiger charge is 2.24. The minimum absolute atomic E-state index is 0.0298. The lowest BCUT2D eigenvalue weighted by molar-refractivity contribution is -0.121. The standard InChI is InChI=1S/C15H23N3OS/c19-14(2-7-18-6-1-4-16-5-8-18)13-10-12-3-9-20-15(12)11-17-13/h3,9,13,16-17H,1-2,4-8,10-11H2. The Labute approximate surface area is 124 Å². The summed E-state index contributed by atoms with van der Waals surface area (Å²) in [7, 11) is 0.